The summed E-state index contributed by atoms with van der Waals surface area (Å²) in [5.74, 6) is 1.43. The lowest BCUT2D eigenvalue weighted by Crippen LogP contribution is -2.29. The van der Waals surface area contributed by atoms with Gasteiger partial charge in [0.2, 0.25) is 0 Å². The van der Waals surface area contributed by atoms with Gasteiger partial charge in [-0.1, -0.05) is 0 Å². The SMILES string of the molecule is Cc1cc(C)c([N+](=O)[O-])cc1NC1CCS(=O)CC1. The van der Waals surface area contributed by atoms with E-state index in [2.05, 4.69) is 5.32 Å². The average molecular weight is 282 g/mol. The molecule has 19 heavy (non-hydrogen) atoms. The summed E-state index contributed by atoms with van der Waals surface area (Å²) in [4.78, 5) is 10.6. The Bertz CT molecular complexity index is 521. The van der Waals surface area contributed by atoms with E-state index in [0.29, 0.717) is 17.1 Å². The van der Waals surface area contributed by atoms with Crippen molar-refractivity contribution >= 4 is 22.2 Å². The van der Waals surface area contributed by atoms with E-state index in [1.54, 1.807) is 13.0 Å². The van der Waals surface area contributed by atoms with Crippen LogP contribution in [0.15, 0.2) is 12.1 Å². The second-order valence-corrected chi connectivity index (χ2v) is 6.67. The van der Waals surface area contributed by atoms with Gasteiger partial charge in [-0.25, -0.2) is 0 Å². The number of hydrogen-bond acceptors (Lipinski definition) is 4. The quantitative estimate of drug-likeness (QED) is 0.683. The zero-order valence-electron chi connectivity index (χ0n) is 11.1. The molecule has 1 fully saturated rings. The van der Waals surface area contributed by atoms with Gasteiger partial charge in [-0.05, 0) is 38.3 Å². The summed E-state index contributed by atoms with van der Waals surface area (Å²) in [5, 5.41) is 14.3. The summed E-state index contributed by atoms with van der Waals surface area (Å²) in [6.45, 7) is 3.69. The minimum atomic E-state index is -0.688. The van der Waals surface area contributed by atoms with Crippen molar-refractivity contribution in [1.82, 2.24) is 0 Å². The molecule has 104 valence electrons. The minimum absolute atomic E-state index is 0.146. The summed E-state index contributed by atoms with van der Waals surface area (Å²) in [6.07, 6.45) is 1.71. The van der Waals surface area contributed by atoms with Crippen LogP contribution in [0.1, 0.15) is 24.0 Å². The zero-order chi connectivity index (χ0) is 14.0. The molecule has 1 aliphatic heterocycles. The van der Waals surface area contributed by atoms with Crippen LogP contribution in [0.4, 0.5) is 11.4 Å². The maximum atomic E-state index is 11.3. The van der Waals surface area contributed by atoms with E-state index < -0.39 is 10.8 Å². The van der Waals surface area contributed by atoms with Crippen molar-refractivity contribution in [3.8, 4) is 0 Å². The number of nitrogens with one attached hydrogen (secondary N) is 1. The molecule has 6 heteroatoms. The summed E-state index contributed by atoms with van der Waals surface area (Å²) >= 11 is 0. The lowest BCUT2D eigenvalue weighted by molar-refractivity contribution is -0.385. The van der Waals surface area contributed by atoms with E-state index in [1.807, 2.05) is 13.0 Å². The second kappa shape index (κ2) is 5.69. The van der Waals surface area contributed by atoms with E-state index in [0.717, 1.165) is 24.1 Å². The summed E-state index contributed by atoms with van der Waals surface area (Å²) < 4.78 is 11.3. The van der Waals surface area contributed by atoms with Crippen molar-refractivity contribution < 1.29 is 9.13 Å². The molecule has 2 rings (SSSR count). The predicted molar refractivity (Wildman–Crippen MR) is 77.1 cm³/mol. The van der Waals surface area contributed by atoms with Gasteiger partial charge in [0.05, 0.1) is 4.92 Å². The highest BCUT2D eigenvalue weighted by atomic mass is 32.2. The van der Waals surface area contributed by atoms with E-state index in [-0.39, 0.29) is 16.7 Å². The predicted octanol–water partition coefficient (Wildman–Crippen LogP) is 2.53. The fourth-order valence-corrected chi connectivity index (χ4v) is 3.65. The summed E-state index contributed by atoms with van der Waals surface area (Å²) in [7, 11) is -0.688. The maximum Gasteiger partial charge on any atom is 0.274 e. The van der Waals surface area contributed by atoms with Crippen molar-refractivity contribution in [1.29, 1.82) is 0 Å². The maximum absolute atomic E-state index is 11.3. The number of nitrogens with zero attached hydrogens (tertiary/aromatic N) is 1. The molecule has 0 amide bonds. The van der Waals surface area contributed by atoms with E-state index >= 15 is 0 Å². The average Bonchev–Trinajstić information content (AvgIpc) is 2.34. The topological polar surface area (TPSA) is 72.2 Å². The molecule has 0 aliphatic carbocycles. The molecular formula is C13H18N2O3S. The van der Waals surface area contributed by atoms with Gasteiger partial charge in [0.25, 0.3) is 5.69 Å². The van der Waals surface area contributed by atoms with Crippen LogP contribution in [-0.2, 0) is 10.8 Å². The van der Waals surface area contributed by atoms with Crippen LogP contribution in [0.3, 0.4) is 0 Å². The third-order valence-electron chi connectivity index (χ3n) is 3.49. The number of nitro groups is 1. The first-order valence-electron chi connectivity index (χ1n) is 6.34. The third-order valence-corrected chi connectivity index (χ3v) is 4.87. The summed E-state index contributed by atoms with van der Waals surface area (Å²) in [6, 6.07) is 3.70. The Kier molecular flexibility index (Phi) is 4.19. The molecule has 1 heterocycles. The van der Waals surface area contributed by atoms with Gasteiger partial charge in [0, 0.05) is 45.7 Å². The van der Waals surface area contributed by atoms with E-state index in [9.17, 15) is 14.3 Å². The molecule has 0 bridgehead atoms. The number of nitro benzene ring substituents is 1. The largest absolute Gasteiger partial charge is 0.382 e. The highest BCUT2D eigenvalue weighted by molar-refractivity contribution is 7.85. The van der Waals surface area contributed by atoms with Crippen molar-refractivity contribution in [2.24, 2.45) is 0 Å². The molecule has 0 radical (unpaired) electrons. The normalized spacial score (nSPS) is 23.1. The van der Waals surface area contributed by atoms with Crippen LogP contribution in [-0.4, -0.2) is 26.7 Å². The van der Waals surface area contributed by atoms with Crippen LogP contribution in [0, 0.1) is 24.0 Å². The molecule has 0 unspecified atom stereocenters. The smallest absolute Gasteiger partial charge is 0.274 e. The first kappa shape index (κ1) is 14.0. The lowest BCUT2D eigenvalue weighted by atomic mass is 10.1. The number of anilines is 1. The molecule has 0 atom stereocenters. The van der Waals surface area contributed by atoms with Crippen molar-refractivity contribution in [3.05, 3.63) is 33.4 Å². The van der Waals surface area contributed by atoms with Crippen LogP contribution in [0.2, 0.25) is 0 Å². The van der Waals surface area contributed by atoms with E-state index in [4.69, 9.17) is 0 Å². The van der Waals surface area contributed by atoms with Gasteiger partial charge in [0.1, 0.15) is 0 Å². The second-order valence-electron chi connectivity index (χ2n) is 4.98. The Morgan fingerprint density at radius 2 is 1.89 bits per heavy atom. The van der Waals surface area contributed by atoms with Gasteiger partial charge in [-0.2, -0.15) is 0 Å². The number of hydrogen-bond donors (Lipinski definition) is 1. The Morgan fingerprint density at radius 1 is 1.26 bits per heavy atom. The molecule has 1 aromatic rings. The Balaban J connectivity index is 2.18. The molecule has 1 aliphatic rings. The zero-order valence-corrected chi connectivity index (χ0v) is 12.0. The Hall–Kier alpha value is -1.43. The van der Waals surface area contributed by atoms with Gasteiger partial charge in [-0.15, -0.1) is 0 Å². The molecular weight excluding hydrogens is 264 g/mol. The molecule has 0 saturated carbocycles. The molecule has 5 nitrogen and oxygen atoms in total. The van der Waals surface area contributed by atoms with Gasteiger partial charge < -0.3 is 5.32 Å². The fraction of sp³-hybridized carbons (Fsp3) is 0.538. The van der Waals surface area contributed by atoms with E-state index in [1.165, 1.54) is 0 Å². The molecule has 0 spiro atoms. The highest BCUT2D eigenvalue weighted by Crippen LogP contribution is 2.28. The number of benzene rings is 1. The first-order chi connectivity index (χ1) is 8.97. The van der Waals surface area contributed by atoms with Crippen LogP contribution >= 0.6 is 0 Å². The van der Waals surface area contributed by atoms with Crippen molar-refractivity contribution in [3.63, 3.8) is 0 Å². The van der Waals surface area contributed by atoms with Gasteiger partial charge in [0.15, 0.2) is 0 Å². The number of rotatable bonds is 3. The fourth-order valence-electron chi connectivity index (χ4n) is 2.35. The molecule has 0 aromatic heterocycles. The lowest BCUT2D eigenvalue weighted by Gasteiger charge is -2.24. The standard InChI is InChI=1S/C13H18N2O3S/c1-9-7-10(2)13(15(16)17)8-12(9)14-11-3-5-19(18)6-4-11/h7-8,11,14H,3-6H2,1-2H3. The van der Waals surface area contributed by atoms with Crippen LogP contribution in [0.5, 0.6) is 0 Å². The third kappa shape index (κ3) is 3.32. The minimum Gasteiger partial charge on any atom is -0.382 e. The van der Waals surface area contributed by atoms with Crippen LogP contribution in [0.25, 0.3) is 0 Å². The molecule has 1 aromatic carbocycles. The highest BCUT2D eigenvalue weighted by Gasteiger charge is 2.20. The van der Waals surface area contributed by atoms with Gasteiger partial charge >= 0.3 is 0 Å². The molecule has 1 N–H and O–H groups in total. The van der Waals surface area contributed by atoms with Gasteiger partial charge in [-0.3, -0.25) is 14.3 Å². The first-order valence-corrected chi connectivity index (χ1v) is 7.83. The molecule has 1 saturated heterocycles. The monoisotopic (exact) mass is 282 g/mol. The summed E-state index contributed by atoms with van der Waals surface area (Å²) in [5.41, 5.74) is 2.65. The Morgan fingerprint density at radius 3 is 2.47 bits per heavy atom. The number of aryl methyl sites for hydroxylation is 2. The van der Waals surface area contributed by atoms with Crippen molar-refractivity contribution in [2.45, 2.75) is 32.7 Å². The van der Waals surface area contributed by atoms with Crippen LogP contribution < -0.4 is 5.32 Å². The Labute approximate surface area is 115 Å². The van der Waals surface area contributed by atoms with Crippen molar-refractivity contribution in [2.75, 3.05) is 16.8 Å².